The Morgan fingerprint density at radius 1 is 1.16 bits per heavy atom. The number of anilines is 1. The highest BCUT2D eigenvalue weighted by Crippen LogP contribution is 2.54. The molecule has 4 rings (SSSR count). The van der Waals surface area contributed by atoms with E-state index in [-0.39, 0.29) is 12.0 Å². The first-order valence-electron chi connectivity index (χ1n) is 13.0. The number of phenolic OH excluding ortho intramolecular Hbond substituents is 1. The van der Waals surface area contributed by atoms with Gasteiger partial charge < -0.3 is 40.6 Å². The van der Waals surface area contributed by atoms with Crippen LogP contribution in [0.25, 0.3) is 0 Å². The number of rotatable bonds is 7. The SMILES string of the molecule is CN(C)CC(=O)Nc1c(OS(=O)(=O)C(F)(F)F)cc2c(c1O)C(=O)C1=C(O)C3(O)C(=O)C(C(N)=O)=C(O)[C@@H](N(C)C)C3CC1C2. The third-order valence-electron chi connectivity index (χ3n) is 7.88. The fraction of sp³-hybridized carbons (Fsp3) is 0.462. The first kappa shape index (κ1) is 33.7. The highest BCUT2D eigenvalue weighted by molar-refractivity contribution is 7.88. The van der Waals surface area contributed by atoms with Crippen LogP contribution >= 0.6 is 0 Å². The van der Waals surface area contributed by atoms with Crippen LogP contribution in [0.1, 0.15) is 22.3 Å². The third-order valence-corrected chi connectivity index (χ3v) is 8.85. The first-order valence-corrected chi connectivity index (χ1v) is 14.5. The normalized spacial score (nSPS) is 25.2. The van der Waals surface area contributed by atoms with E-state index in [1.165, 1.54) is 38.0 Å². The summed E-state index contributed by atoms with van der Waals surface area (Å²) in [5.74, 6) is -12.0. The lowest BCUT2D eigenvalue weighted by Gasteiger charge is -2.50. The number of aliphatic hydroxyl groups is 3. The van der Waals surface area contributed by atoms with Crippen LogP contribution in [0.2, 0.25) is 0 Å². The number of nitrogens with one attached hydrogen (secondary N) is 1. The predicted molar refractivity (Wildman–Crippen MR) is 146 cm³/mol. The number of carbonyl (C=O) groups is 4. The zero-order valence-electron chi connectivity index (χ0n) is 24.1. The van der Waals surface area contributed by atoms with Gasteiger partial charge in [0.1, 0.15) is 22.8 Å². The second-order valence-electron chi connectivity index (χ2n) is 11.4. The van der Waals surface area contributed by atoms with Crippen molar-refractivity contribution in [3.63, 3.8) is 0 Å². The molecule has 0 aromatic heterocycles. The average Bonchev–Trinajstić information content (AvgIpc) is 2.86. The molecule has 0 saturated carbocycles. The molecule has 0 aliphatic heterocycles. The van der Waals surface area contributed by atoms with E-state index in [9.17, 15) is 61.2 Å². The van der Waals surface area contributed by atoms with E-state index < -0.39 is 121 Å². The van der Waals surface area contributed by atoms with Crippen LogP contribution in [0.3, 0.4) is 0 Å². The Morgan fingerprint density at radius 3 is 2.27 bits per heavy atom. The number of amides is 2. The van der Waals surface area contributed by atoms with E-state index in [1.54, 1.807) is 0 Å². The van der Waals surface area contributed by atoms with Gasteiger partial charge in [-0.1, -0.05) is 0 Å². The number of primary amides is 1. The standard InChI is InChI=1S/C26H29F3N4O11S/c1-32(2)8-13(34)31-17-12(44-45(42,43)26(27,28)29)7-10-5-9-6-11-18(33(3)4)21(37)16(24(30)40)23(39)25(11,41)22(38)15(9)19(35)14(10)20(17)36/h7,9,11,18,36-38,41H,5-6,8H2,1-4H3,(H2,30,40)(H,31,34)/t9?,11?,18-,25?/m0/s1. The zero-order chi connectivity index (χ0) is 34.1. The summed E-state index contributed by atoms with van der Waals surface area (Å²) in [6, 6.07) is -0.595. The molecule has 15 nitrogen and oxygen atoms in total. The molecule has 0 bridgehead atoms. The van der Waals surface area contributed by atoms with Crippen molar-refractivity contribution in [2.24, 2.45) is 17.6 Å². The minimum absolute atomic E-state index is 0.261. The molecule has 7 N–H and O–H groups in total. The van der Waals surface area contributed by atoms with Crippen LogP contribution in [-0.2, 0) is 30.9 Å². The second kappa shape index (κ2) is 11.0. The summed E-state index contributed by atoms with van der Waals surface area (Å²) in [4.78, 5) is 54.5. The van der Waals surface area contributed by atoms with Crippen molar-refractivity contribution in [2.75, 3.05) is 40.1 Å². The van der Waals surface area contributed by atoms with Crippen molar-refractivity contribution >= 4 is 39.2 Å². The molecule has 0 saturated heterocycles. The molecule has 1 aromatic rings. The molecule has 45 heavy (non-hydrogen) atoms. The number of nitrogens with zero attached hydrogens (tertiary/aromatic N) is 2. The Morgan fingerprint density at radius 2 is 1.76 bits per heavy atom. The second-order valence-corrected chi connectivity index (χ2v) is 12.9. The zero-order valence-corrected chi connectivity index (χ0v) is 24.9. The number of likely N-dealkylation sites (N-methyl/N-ethyl adjacent to an activating group) is 2. The third kappa shape index (κ3) is 5.28. The van der Waals surface area contributed by atoms with E-state index in [0.717, 1.165) is 0 Å². The van der Waals surface area contributed by atoms with Crippen LogP contribution in [0, 0.1) is 11.8 Å². The maximum Gasteiger partial charge on any atom is 0.534 e. The van der Waals surface area contributed by atoms with Gasteiger partial charge >= 0.3 is 15.6 Å². The van der Waals surface area contributed by atoms with Gasteiger partial charge in [0, 0.05) is 11.5 Å². The number of phenols is 1. The van der Waals surface area contributed by atoms with Crippen molar-refractivity contribution in [3.05, 3.63) is 39.9 Å². The molecular weight excluding hydrogens is 633 g/mol. The number of hydrogen-bond donors (Lipinski definition) is 6. The van der Waals surface area contributed by atoms with Gasteiger partial charge in [0.25, 0.3) is 5.91 Å². The topological polar surface area (TPSA) is 237 Å². The quantitative estimate of drug-likeness (QED) is 0.0965. The van der Waals surface area contributed by atoms with Crippen LogP contribution in [0.15, 0.2) is 28.7 Å². The Bertz CT molecular complexity index is 1700. The van der Waals surface area contributed by atoms with E-state index in [2.05, 4.69) is 4.18 Å². The molecule has 2 amide bonds. The fourth-order valence-corrected chi connectivity index (χ4v) is 6.56. The summed E-state index contributed by atoms with van der Waals surface area (Å²) >= 11 is 0. The molecular formula is C26H29F3N4O11S. The number of ketones is 2. The van der Waals surface area contributed by atoms with Crippen LogP contribution in [-0.4, -0.2) is 114 Å². The number of Topliss-reactive ketones (excluding diaryl/α,β-unsaturated/α-hetero) is 2. The number of nitrogens with two attached hydrogens (primary N) is 1. The van der Waals surface area contributed by atoms with E-state index in [1.807, 2.05) is 5.32 Å². The van der Waals surface area contributed by atoms with Gasteiger partial charge in [-0.15, -0.1) is 0 Å². The molecule has 3 aliphatic rings. The molecule has 4 atom stereocenters. The fourth-order valence-electron chi connectivity index (χ4n) is 6.10. The number of benzene rings is 1. The monoisotopic (exact) mass is 662 g/mol. The van der Waals surface area contributed by atoms with Crippen molar-refractivity contribution in [1.82, 2.24) is 9.80 Å². The van der Waals surface area contributed by atoms with E-state index in [4.69, 9.17) is 5.73 Å². The minimum Gasteiger partial charge on any atom is -0.510 e. The van der Waals surface area contributed by atoms with Crippen LogP contribution < -0.4 is 15.2 Å². The number of halogens is 3. The number of fused-ring (bicyclic) bond motifs is 3. The predicted octanol–water partition coefficient (Wildman–Crippen LogP) is -0.151. The average molecular weight is 663 g/mol. The highest BCUT2D eigenvalue weighted by Gasteiger charge is 2.63. The largest absolute Gasteiger partial charge is 0.534 e. The number of hydrogen-bond acceptors (Lipinski definition) is 13. The summed E-state index contributed by atoms with van der Waals surface area (Å²) in [5, 5.41) is 46.9. The molecule has 0 radical (unpaired) electrons. The Labute approximate surface area is 253 Å². The summed E-state index contributed by atoms with van der Waals surface area (Å²) in [6.07, 6.45) is -0.735. The highest BCUT2D eigenvalue weighted by atomic mass is 32.2. The van der Waals surface area contributed by atoms with E-state index in [0.29, 0.717) is 6.07 Å². The summed E-state index contributed by atoms with van der Waals surface area (Å²) in [6.45, 7) is -0.407. The first-order chi connectivity index (χ1) is 20.6. The Kier molecular flexibility index (Phi) is 8.24. The molecule has 19 heteroatoms. The van der Waals surface area contributed by atoms with Crippen molar-refractivity contribution in [2.45, 2.75) is 30.0 Å². The lowest BCUT2D eigenvalue weighted by Crippen LogP contribution is -2.63. The molecule has 3 aliphatic carbocycles. The Balaban J connectivity index is 1.94. The molecule has 1 aromatic carbocycles. The van der Waals surface area contributed by atoms with Gasteiger partial charge in [-0.05, 0) is 58.6 Å². The van der Waals surface area contributed by atoms with E-state index >= 15 is 0 Å². The number of carbonyl (C=O) groups excluding carboxylic acids is 4. The molecule has 0 fully saturated rings. The lowest BCUT2D eigenvalue weighted by atomic mass is 9.58. The van der Waals surface area contributed by atoms with Gasteiger partial charge in [-0.25, -0.2) is 0 Å². The van der Waals surface area contributed by atoms with Crippen LogP contribution in [0.5, 0.6) is 11.5 Å². The minimum atomic E-state index is -6.34. The van der Waals surface area contributed by atoms with Crippen molar-refractivity contribution in [3.8, 4) is 11.5 Å². The number of aliphatic hydroxyl groups excluding tert-OH is 2. The van der Waals surface area contributed by atoms with Gasteiger partial charge in [0.05, 0.1) is 18.2 Å². The summed E-state index contributed by atoms with van der Waals surface area (Å²) in [5.41, 5.74) is -7.17. The number of allylic oxidation sites excluding steroid dienone is 1. The Hall–Kier alpha value is -4.20. The smallest absolute Gasteiger partial charge is 0.510 e. The lowest BCUT2D eigenvalue weighted by molar-refractivity contribution is -0.148. The van der Waals surface area contributed by atoms with Gasteiger partial charge in [0.2, 0.25) is 11.7 Å². The number of alkyl halides is 3. The van der Waals surface area contributed by atoms with Crippen LogP contribution in [0.4, 0.5) is 18.9 Å². The van der Waals surface area contributed by atoms with Gasteiger partial charge in [-0.2, -0.15) is 21.6 Å². The summed E-state index contributed by atoms with van der Waals surface area (Å²) < 4.78 is 67.7. The van der Waals surface area contributed by atoms with Gasteiger partial charge in [-0.3, -0.25) is 24.1 Å². The number of aromatic hydroxyl groups is 1. The molecule has 3 unspecified atom stereocenters. The van der Waals surface area contributed by atoms with Gasteiger partial charge in [0.15, 0.2) is 22.9 Å². The van der Waals surface area contributed by atoms with Crippen molar-refractivity contribution < 1.29 is 65.4 Å². The molecule has 0 heterocycles. The van der Waals surface area contributed by atoms with Crippen molar-refractivity contribution in [1.29, 1.82) is 0 Å². The maximum atomic E-state index is 13.8. The summed E-state index contributed by atoms with van der Waals surface area (Å²) in [7, 11) is -0.606. The molecule has 246 valence electrons. The maximum absolute atomic E-state index is 13.8. The molecule has 0 spiro atoms.